The molecule has 20 heavy (non-hydrogen) atoms. The van der Waals surface area contributed by atoms with E-state index in [0.717, 1.165) is 24.4 Å². The Morgan fingerprint density at radius 2 is 2.10 bits per heavy atom. The van der Waals surface area contributed by atoms with Crippen LogP contribution in [0.5, 0.6) is 0 Å². The summed E-state index contributed by atoms with van der Waals surface area (Å²) < 4.78 is 1.88. The van der Waals surface area contributed by atoms with Crippen LogP contribution < -0.4 is 4.90 Å². The average molecular weight is 273 g/mol. The highest BCUT2D eigenvalue weighted by Gasteiger charge is 2.22. The van der Waals surface area contributed by atoms with E-state index in [-0.39, 0.29) is 5.69 Å². The number of aromatic carboxylic acids is 1. The zero-order valence-corrected chi connectivity index (χ0v) is 11.2. The number of rotatable bonds is 3. The van der Waals surface area contributed by atoms with Crippen LogP contribution in [0.15, 0.2) is 18.6 Å². The Hall–Kier alpha value is -2.44. The van der Waals surface area contributed by atoms with E-state index in [9.17, 15) is 4.79 Å². The SMILES string of the molecule is CCc1cnc(N2CCn3cc(C(=O)O)nc3C2)nc1. The van der Waals surface area contributed by atoms with Crippen LogP contribution in [0.3, 0.4) is 0 Å². The van der Waals surface area contributed by atoms with E-state index in [1.807, 2.05) is 21.9 Å². The van der Waals surface area contributed by atoms with E-state index >= 15 is 0 Å². The number of nitrogens with zero attached hydrogens (tertiary/aromatic N) is 5. The van der Waals surface area contributed by atoms with Gasteiger partial charge in [-0.3, -0.25) is 0 Å². The largest absolute Gasteiger partial charge is 0.476 e. The summed E-state index contributed by atoms with van der Waals surface area (Å²) >= 11 is 0. The van der Waals surface area contributed by atoms with Crippen LogP contribution in [0.2, 0.25) is 0 Å². The van der Waals surface area contributed by atoms with Crippen molar-refractivity contribution in [1.82, 2.24) is 19.5 Å². The second kappa shape index (κ2) is 4.92. The molecule has 0 radical (unpaired) electrons. The topological polar surface area (TPSA) is 84.1 Å². The second-order valence-corrected chi connectivity index (χ2v) is 4.71. The Kier molecular flexibility index (Phi) is 3.09. The summed E-state index contributed by atoms with van der Waals surface area (Å²) in [4.78, 5) is 25.8. The van der Waals surface area contributed by atoms with E-state index in [1.54, 1.807) is 6.20 Å². The molecule has 3 heterocycles. The molecule has 0 amide bonds. The first-order chi connectivity index (χ1) is 9.67. The van der Waals surface area contributed by atoms with Crippen molar-refractivity contribution in [3.05, 3.63) is 35.7 Å². The first-order valence-electron chi connectivity index (χ1n) is 6.52. The van der Waals surface area contributed by atoms with Crippen LogP contribution in [-0.2, 0) is 19.5 Å². The summed E-state index contributed by atoms with van der Waals surface area (Å²) in [7, 11) is 0. The molecule has 1 aliphatic heterocycles. The van der Waals surface area contributed by atoms with Crippen LogP contribution in [-0.4, -0.2) is 37.1 Å². The van der Waals surface area contributed by atoms with Gasteiger partial charge >= 0.3 is 5.97 Å². The van der Waals surface area contributed by atoms with Crippen LogP contribution in [0.1, 0.15) is 28.8 Å². The summed E-state index contributed by atoms with van der Waals surface area (Å²) in [5.41, 5.74) is 1.18. The number of carboxylic acids is 1. The molecule has 7 heteroatoms. The van der Waals surface area contributed by atoms with Crippen molar-refractivity contribution in [3.63, 3.8) is 0 Å². The highest BCUT2D eigenvalue weighted by molar-refractivity contribution is 5.85. The van der Waals surface area contributed by atoms with E-state index in [2.05, 4.69) is 21.9 Å². The van der Waals surface area contributed by atoms with Gasteiger partial charge in [0.05, 0.1) is 6.54 Å². The quantitative estimate of drug-likeness (QED) is 0.896. The molecule has 2 aromatic rings. The van der Waals surface area contributed by atoms with Gasteiger partial charge < -0.3 is 14.6 Å². The molecule has 7 nitrogen and oxygen atoms in total. The number of carbonyl (C=O) groups is 1. The molecular formula is C13H15N5O2. The lowest BCUT2D eigenvalue weighted by molar-refractivity contribution is 0.0691. The maximum absolute atomic E-state index is 10.9. The van der Waals surface area contributed by atoms with Crippen LogP contribution in [0, 0.1) is 0 Å². The zero-order valence-electron chi connectivity index (χ0n) is 11.2. The highest BCUT2D eigenvalue weighted by Crippen LogP contribution is 2.17. The molecule has 0 unspecified atom stereocenters. The van der Waals surface area contributed by atoms with Gasteiger partial charge in [-0.05, 0) is 12.0 Å². The molecule has 104 valence electrons. The maximum Gasteiger partial charge on any atom is 0.356 e. The van der Waals surface area contributed by atoms with Gasteiger partial charge in [0.1, 0.15) is 5.82 Å². The predicted molar refractivity (Wildman–Crippen MR) is 71.6 cm³/mol. The minimum absolute atomic E-state index is 0.0871. The first-order valence-corrected chi connectivity index (χ1v) is 6.52. The Morgan fingerprint density at radius 1 is 1.35 bits per heavy atom. The molecule has 1 aliphatic rings. The molecule has 3 rings (SSSR count). The normalized spacial score (nSPS) is 14.2. The minimum Gasteiger partial charge on any atom is -0.476 e. The number of fused-ring (bicyclic) bond motifs is 1. The van der Waals surface area contributed by atoms with E-state index in [1.165, 1.54) is 0 Å². The van der Waals surface area contributed by atoms with Crippen LogP contribution >= 0.6 is 0 Å². The molecule has 0 bridgehead atoms. The number of imidazole rings is 1. The fourth-order valence-electron chi connectivity index (χ4n) is 2.22. The summed E-state index contributed by atoms with van der Waals surface area (Å²) in [5, 5.41) is 8.96. The summed E-state index contributed by atoms with van der Waals surface area (Å²) in [6.07, 6.45) is 6.14. The monoisotopic (exact) mass is 273 g/mol. The molecule has 2 aromatic heterocycles. The van der Waals surface area contributed by atoms with Crippen molar-refractivity contribution in [3.8, 4) is 0 Å². The Labute approximate surface area is 115 Å². The maximum atomic E-state index is 10.9. The number of aromatic nitrogens is 4. The number of hydrogen-bond donors (Lipinski definition) is 1. The lowest BCUT2D eigenvalue weighted by Gasteiger charge is -2.27. The van der Waals surface area contributed by atoms with Gasteiger partial charge in [-0.1, -0.05) is 6.92 Å². The number of anilines is 1. The zero-order chi connectivity index (χ0) is 14.1. The predicted octanol–water partition coefficient (Wildman–Crippen LogP) is 0.954. The molecule has 1 N–H and O–H groups in total. The molecule has 0 aliphatic carbocycles. The summed E-state index contributed by atoms with van der Waals surface area (Å²) in [5.74, 6) is 0.396. The van der Waals surface area contributed by atoms with Gasteiger partial charge in [0.15, 0.2) is 5.69 Å². The number of carboxylic acid groups (broad SMARTS) is 1. The molecule has 0 atom stereocenters. The van der Waals surface area contributed by atoms with Gasteiger partial charge in [0.25, 0.3) is 0 Å². The summed E-state index contributed by atoms with van der Waals surface area (Å²) in [6, 6.07) is 0. The third kappa shape index (κ3) is 2.22. The number of aryl methyl sites for hydroxylation is 1. The average Bonchev–Trinajstić information content (AvgIpc) is 2.90. The van der Waals surface area contributed by atoms with Crippen molar-refractivity contribution in [2.45, 2.75) is 26.4 Å². The smallest absolute Gasteiger partial charge is 0.356 e. The van der Waals surface area contributed by atoms with Gasteiger partial charge in [0.2, 0.25) is 5.95 Å². The van der Waals surface area contributed by atoms with Gasteiger partial charge in [-0.2, -0.15) is 0 Å². The lowest BCUT2D eigenvalue weighted by atomic mass is 10.3. The second-order valence-electron chi connectivity index (χ2n) is 4.71. The molecular weight excluding hydrogens is 258 g/mol. The third-order valence-corrected chi connectivity index (χ3v) is 3.40. The fourth-order valence-corrected chi connectivity index (χ4v) is 2.22. The van der Waals surface area contributed by atoms with E-state index in [0.29, 0.717) is 19.0 Å². The van der Waals surface area contributed by atoms with Crippen molar-refractivity contribution in [2.24, 2.45) is 0 Å². The summed E-state index contributed by atoms with van der Waals surface area (Å²) in [6.45, 7) is 4.02. The molecule has 0 saturated heterocycles. The van der Waals surface area contributed by atoms with Crippen LogP contribution in [0.4, 0.5) is 5.95 Å². The molecule has 0 fully saturated rings. The lowest BCUT2D eigenvalue weighted by Crippen LogP contribution is -2.34. The molecule has 0 aromatic carbocycles. The fraction of sp³-hybridized carbons (Fsp3) is 0.385. The molecule has 0 saturated carbocycles. The molecule has 0 spiro atoms. The van der Waals surface area contributed by atoms with Crippen molar-refractivity contribution in [1.29, 1.82) is 0 Å². The van der Waals surface area contributed by atoms with E-state index in [4.69, 9.17) is 5.11 Å². The first kappa shape index (κ1) is 12.6. The Balaban J connectivity index is 1.82. The van der Waals surface area contributed by atoms with Crippen molar-refractivity contribution in [2.75, 3.05) is 11.4 Å². The number of hydrogen-bond acceptors (Lipinski definition) is 5. The Bertz CT molecular complexity index is 635. The van der Waals surface area contributed by atoms with Crippen molar-refractivity contribution < 1.29 is 9.90 Å². The Morgan fingerprint density at radius 3 is 2.75 bits per heavy atom. The van der Waals surface area contributed by atoms with Gasteiger partial charge in [-0.25, -0.2) is 19.7 Å². The van der Waals surface area contributed by atoms with Gasteiger partial charge in [-0.15, -0.1) is 0 Å². The highest BCUT2D eigenvalue weighted by atomic mass is 16.4. The van der Waals surface area contributed by atoms with Crippen molar-refractivity contribution >= 4 is 11.9 Å². The van der Waals surface area contributed by atoms with Crippen LogP contribution in [0.25, 0.3) is 0 Å². The van der Waals surface area contributed by atoms with Gasteiger partial charge in [0, 0.05) is 31.7 Å². The van der Waals surface area contributed by atoms with E-state index < -0.39 is 5.97 Å². The standard InChI is InChI=1S/C13H15N5O2/c1-2-9-5-14-13(15-6-9)18-4-3-17-7-10(12(19)20)16-11(17)8-18/h5-7H,2-4,8H2,1H3,(H,19,20). The third-order valence-electron chi connectivity index (χ3n) is 3.40. The minimum atomic E-state index is -0.998.